The van der Waals surface area contributed by atoms with Gasteiger partial charge in [0.2, 0.25) is 0 Å². The van der Waals surface area contributed by atoms with Crippen LogP contribution < -0.4 is 0 Å². The van der Waals surface area contributed by atoms with Crippen LogP contribution in [0.15, 0.2) is 16.5 Å². The molecule has 1 aliphatic carbocycles. The number of carbonyl (C=O) groups is 1. The Morgan fingerprint density at radius 1 is 1.39 bits per heavy atom. The molecular formula is C14H21NO3. The van der Waals surface area contributed by atoms with Crippen molar-refractivity contribution in [3.05, 3.63) is 23.7 Å². The SMILES string of the molecule is CCc1ccc(CN(CC(=O)O)C2CCCC2)o1. The predicted molar refractivity (Wildman–Crippen MR) is 68.4 cm³/mol. The molecule has 0 spiro atoms. The molecule has 0 radical (unpaired) electrons. The van der Waals surface area contributed by atoms with Gasteiger partial charge in [0.15, 0.2) is 0 Å². The van der Waals surface area contributed by atoms with Crippen molar-refractivity contribution in [2.45, 2.75) is 51.6 Å². The second-order valence-electron chi connectivity index (χ2n) is 4.96. The molecule has 1 saturated carbocycles. The summed E-state index contributed by atoms with van der Waals surface area (Å²) in [5.41, 5.74) is 0. The van der Waals surface area contributed by atoms with Crippen molar-refractivity contribution < 1.29 is 14.3 Å². The van der Waals surface area contributed by atoms with Crippen LogP contribution in [0.5, 0.6) is 0 Å². The molecule has 1 aromatic rings. The van der Waals surface area contributed by atoms with Crippen molar-refractivity contribution in [3.63, 3.8) is 0 Å². The van der Waals surface area contributed by atoms with Crippen LogP contribution in [0.2, 0.25) is 0 Å². The average molecular weight is 251 g/mol. The molecule has 0 atom stereocenters. The number of furan rings is 1. The highest BCUT2D eigenvalue weighted by atomic mass is 16.4. The van der Waals surface area contributed by atoms with Gasteiger partial charge in [-0.05, 0) is 25.0 Å². The highest BCUT2D eigenvalue weighted by Gasteiger charge is 2.25. The molecule has 0 aliphatic heterocycles. The molecule has 0 amide bonds. The van der Waals surface area contributed by atoms with E-state index in [1.165, 1.54) is 12.8 Å². The highest BCUT2D eigenvalue weighted by molar-refractivity contribution is 5.69. The zero-order chi connectivity index (χ0) is 13.0. The van der Waals surface area contributed by atoms with Crippen molar-refractivity contribution in [2.75, 3.05) is 6.54 Å². The van der Waals surface area contributed by atoms with Crippen LogP contribution in [0.1, 0.15) is 44.1 Å². The van der Waals surface area contributed by atoms with Crippen LogP contribution in [-0.2, 0) is 17.8 Å². The Kier molecular flexibility index (Phi) is 4.42. The van der Waals surface area contributed by atoms with Gasteiger partial charge in [-0.15, -0.1) is 0 Å². The summed E-state index contributed by atoms with van der Waals surface area (Å²) in [6, 6.07) is 4.34. The first-order valence-electron chi connectivity index (χ1n) is 6.72. The van der Waals surface area contributed by atoms with Gasteiger partial charge in [0.1, 0.15) is 11.5 Å². The minimum atomic E-state index is -0.760. The molecule has 1 aromatic heterocycles. The number of carboxylic acids is 1. The Hall–Kier alpha value is -1.29. The number of rotatable bonds is 6. The second kappa shape index (κ2) is 6.05. The summed E-state index contributed by atoms with van der Waals surface area (Å²) in [5.74, 6) is 1.08. The van der Waals surface area contributed by atoms with E-state index in [4.69, 9.17) is 9.52 Å². The van der Waals surface area contributed by atoms with E-state index in [0.29, 0.717) is 12.6 Å². The molecule has 1 fully saturated rings. The Labute approximate surface area is 108 Å². The Morgan fingerprint density at radius 2 is 2.06 bits per heavy atom. The van der Waals surface area contributed by atoms with Gasteiger partial charge in [-0.3, -0.25) is 9.69 Å². The van der Waals surface area contributed by atoms with Crippen LogP contribution in [0.3, 0.4) is 0 Å². The van der Waals surface area contributed by atoms with Gasteiger partial charge >= 0.3 is 5.97 Å². The van der Waals surface area contributed by atoms with Crippen molar-refractivity contribution >= 4 is 5.97 Å². The summed E-state index contributed by atoms with van der Waals surface area (Å²) >= 11 is 0. The van der Waals surface area contributed by atoms with Gasteiger partial charge in [-0.25, -0.2) is 0 Å². The summed E-state index contributed by atoms with van der Waals surface area (Å²) in [5, 5.41) is 9.00. The van der Waals surface area contributed by atoms with Crippen LogP contribution in [0, 0.1) is 0 Å². The van der Waals surface area contributed by atoms with E-state index >= 15 is 0 Å². The number of aliphatic carboxylic acids is 1. The number of hydrogen-bond donors (Lipinski definition) is 1. The molecule has 1 N–H and O–H groups in total. The lowest BCUT2D eigenvalue weighted by Crippen LogP contribution is -2.36. The summed E-state index contributed by atoms with van der Waals surface area (Å²) < 4.78 is 5.67. The Balaban J connectivity index is 2.01. The van der Waals surface area contributed by atoms with E-state index in [9.17, 15) is 4.79 Å². The first-order valence-corrected chi connectivity index (χ1v) is 6.72. The fourth-order valence-corrected chi connectivity index (χ4v) is 2.65. The molecule has 18 heavy (non-hydrogen) atoms. The number of nitrogens with zero attached hydrogens (tertiary/aromatic N) is 1. The lowest BCUT2D eigenvalue weighted by atomic mass is 10.2. The topological polar surface area (TPSA) is 53.7 Å². The van der Waals surface area contributed by atoms with E-state index in [1.807, 2.05) is 17.0 Å². The van der Waals surface area contributed by atoms with E-state index in [2.05, 4.69) is 6.92 Å². The third-order valence-corrected chi connectivity index (χ3v) is 3.60. The van der Waals surface area contributed by atoms with Gasteiger partial charge in [-0.2, -0.15) is 0 Å². The molecule has 2 rings (SSSR count). The maximum atomic E-state index is 10.9. The standard InChI is InChI=1S/C14H21NO3/c1-2-12-7-8-13(18-12)9-15(10-14(16)17)11-5-3-4-6-11/h7-8,11H,2-6,9-10H2,1H3,(H,16,17). The molecule has 0 unspecified atom stereocenters. The quantitative estimate of drug-likeness (QED) is 0.844. The van der Waals surface area contributed by atoms with Gasteiger partial charge in [0.05, 0.1) is 13.1 Å². The minimum absolute atomic E-state index is 0.104. The fourth-order valence-electron chi connectivity index (χ4n) is 2.65. The fraction of sp³-hybridized carbons (Fsp3) is 0.643. The number of aryl methyl sites for hydroxylation is 1. The van der Waals surface area contributed by atoms with Crippen LogP contribution in [0.4, 0.5) is 0 Å². The molecule has 1 heterocycles. The lowest BCUT2D eigenvalue weighted by Gasteiger charge is -2.25. The third kappa shape index (κ3) is 3.35. The smallest absolute Gasteiger partial charge is 0.317 e. The molecule has 4 nitrogen and oxygen atoms in total. The maximum Gasteiger partial charge on any atom is 0.317 e. The molecule has 1 aliphatic rings. The maximum absolute atomic E-state index is 10.9. The molecule has 0 saturated heterocycles. The van der Waals surface area contributed by atoms with Crippen molar-refractivity contribution in [2.24, 2.45) is 0 Å². The monoisotopic (exact) mass is 251 g/mol. The summed E-state index contributed by atoms with van der Waals surface area (Å²) in [6.45, 7) is 2.76. The number of hydrogen-bond acceptors (Lipinski definition) is 3. The van der Waals surface area contributed by atoms with Crippen LogP contribution in [-0.4, -0.2) is 28.6 Å². The second-order valence-corrected chi connectivity index (χ2v) is 4.96. The summed E-state index contributed by atoms with van der Waals surface area (Å²) in [4.78, 5) is 13.0. The first-order chi connectivity index (χ1) is 8.69. The Bertz CT molecular complexity index is 393. The Morgan fingerprint density at radius 3 is 2.61 bits per heavy atom. The van der Waals surface area contributed by atoms with Crippen molar-refractivity contribution in [1.82, 2.24) is 4.90 Å². The van der Waals surface area contributed by atoms with E-state index < -0.39 is 5.97 Å². The van der Waals surface area contributed by atoms with Gasteiger partial charge in [0.25, 0.3) is 0 Å². The summed E-state index contributed by atoms with van der Waals surface area (Å²) in [6.07, 6.45) is 5.50. The van der Waals surface area contributed by atoms with Crippen molar-refractivity contribution in [3.8, 4) is 0 Å². The lowest BCUT2D eigenvalue weighted by molar-refractivity contribution is -0.139. The normalized spacial score (nSPS) is 16.6. The average Bonchev–Trinajstić information content (AvgIpc) is 2.98. The number of carboxylic acid groups (broad SMARTS) is 1. The largest absolute Gasteiger partial charge is 0.480 e. The zero-order valence-electron chi connectivity index (χ0n) is 10.9. The van der Waals surface area contributed by atoms with E-state index in [1.54, 1.807) is 0 Å². The first kappa shape index (κ1) is 13.1. The van der Waals surface area contributed by atoms with Crippen LogP contribution >= 0.6 is 0 Å². The molecule has 4 heteroatoms. The molecular weight excluding hydrogens is 230 g/mol. The van der Waals surface area contributed by atoms with Gasteiger partial charge in [0, 0.05) is 12.5 Å². The van der Waals surface area contributed by atoms with Gasteiger partial charge in [-0.1, -0.05) is 19.8 Å². The molecule has 0 aromatic carbocycles. The van der Waals surface area contributed by atoms with E-state index in [-0.39, 0.29) is 6.54 Å². The van der Waals surface area contributed by atoms with Crippen LogP contribution in [0.25, 0.3) is 0 Å². The minimum Gasteiger partial charge on any atom is -0.480 e. The molecule has 100 valence electrons. The zero-order valence-corrected chi connectivity index (χ0v) is 10.9. The molecule has 0 bridgehead atoms. The third-order valence-electron chi connectivity index (χ3n) is 3.60. The van der Waals surface area contributed by atoms with Gasteiger partial charge < -0.3 is 9.52 Å². The summed E-state index contributed by atoms with van der Waals surface area (Å²) in [7, 11) is 0. The predicted octanol–water partition coefficient (Wildman–Crippen LogP) is 2.67. The van der Waals surface area contributed by atoms with Crippen molar-refractivity contribution in [1.29, 1.82) is 0 Å². The van der Waals surface area contributed by atoms with E-state index in [0.717, 1.165) is 30.8 Å². The highest BCUT2D eigenvalue weighted by Crippen LogP contribution is 2.25.